The molecule has 0 aromatic carbocycles. The monoisotopic (exact) mass is 267 g/mol. The Morgan fingerprint density at radius 2 is 2.33 bits per heavy atom. The standard InChI is InChI=1S/C12H17N3O2S/c1-4-12(2,11(13)18)15-9(16)8-6-5-7-14-10(8)17-3/h5-7H,4H2,1-3H3,(H2,13,18)(H,15,16). The molecule has 0 spiro atoms. The van der Waals surface area contributed by atoms with Crippen molar-refractivity contribution in [1.29, 1.82) is 0 Å². The van der Waals surface area contributed by atoms with Crippen molar-refractivity contribution in [3.8, 4) is 5.88 Å². The molecule has 1 aromatic rings. The minimum Gasteiger partial charge on any atom is -0.480 e. The van der Waals surface area contributed by atoms with Crippen molar-refractivity contribution in [2.75, 3.05) is 7.11 Å². The first kappa shape index (κ1) is 14.4. The molecule has 1 rings (SSSR count). The van der Waals surface area contributed by atoms with Gasteiger partial charge in [-0.25, -0.2) is 4.98 Å². The number of nitrogens with zero attached hydrogens (tertiary/aromatic N) is 1. The molecule has 0 aliphatic rings. The predicted molar refractivity (Wildman–Crippen MR) is 73.7 cm³/mol. The maximum absolute atomic E-state index is 12.2. The SMILES string of the molecule is CCC(C)(NC(=O)c1cccnc1OC)C(N)=S. The Kier molecular flexibility index (Phi) is 4.61. The largest absolute Gasteiger partial charge is 0.480 e. The third-order valence-electron chi connectivity index (χ3n) is 2.85. The highest BCUT2D eigenvalue weighted by atomic mass is 32.1. The number of nitrogens with two attached hydrogens (primary N) is 1. The van der Waals surface area contributed by atoms with Crippen LogP contribution in [0.1, 0.15) is 30.6 Å². The van der Waals surface area contributed by atoms with E-state index in [-0.39, 0.29) is 16.8 Å². The van der Waals surface area contributed by atoms with E-state index in [0.29, 0.717) is 12.0 Å². The first-order valence-corrected chi connectivity index (χ1v) is 5.97. The second kappa shape index (κ2) is 5.77. The summed E-state index contributed by atoms with van der Waals surface area (Å²) < 4.78 is 5.04. The van der Waals surface area contributed by atoms with E-state index >= 15 is 0 Å². The fourth-order valence-corrected chi connectivity index (χ4v) is 1.56. The van der Waals surface area contributed by atoms with Gasteiger partial charge in [0.2, 0.25) is 5.88 Å². The highest BCUT2D eigenvalue weighted by molar-refractivity contribution is 7.80. The Bertz CT molecular complexity index is 464. The lowest BCUT2D eigenvalue weighted by molar-refractivity contribution is 0.0922. The number of nitrogens with one attached hydrogen (secondary N) is 1. The summed E-state index contributed by atoms with van der Waals surface area (Å²) in [4.78, 5) is 16.4. The number of thiocarbonyl (C=S) groups is 1. The molecule has 1 amide bonds. The van der Waals surface area contributed by atoms with Crippen LogP contribution in [-0.2, 0) is 0 Å². The summed E-state index contributed by atoms with van der Waals surface area (Å²) in [6.07, 6.45) is 2.17. The Labute approximate surface area is 112 Å². The molecule has 1 atom stereocenters. The van der Waals surface area contributed by atoms with Crippen molar-refractivity contribution in [1.82, 2.24) is 10.3 Å². The molecular formula is C12H17N3O2S. The van der Waals surface area contributed by atoms with E-state index in [1.165, 1.54) is 7.11 Å². The Balaban J connectivity index is 2.98. The number of hydrogen-bond acceptors (Lipinski definition) is 4. The molecule has 0 saturated heterocycles. The van der Waals surface area contributed by atoms with Crippen LogP contribution in [0.2, 0.25) is 0 Å². The van der Waals surface area contributed by atoms with Crippen LogP contribution in [0.3, 0.4) is 0 Å². The van der Waals surface area contributed by atoms with E-state index in [1.54, 1.807) is 25.3 Å². The predicted octanol–water partition coefficient (Wildman–Crippen LogP) is 1.27. The molecular weight excluding hydrogens is 250 g/mol. The fraction of sp³-hybridized carbons (Fsp3) is 0.417. The summed E-state index contributed by atoms with van der Waals surface area (Å²) in [5.41, 5.74) is 5.29. The van der Waals surface area contributed by atoms with E-state index in [0.717, 1.165) is 0 Å². The Hall–Kier alpha value is -1.69. The van der Waals surface area contributed by atoms with Gasteiger partial charge in [-0.3, -0.25) is 4.79 Å². The third kappa shape index (κ3) is 2.95. The van der Waals surface area contributed by atoms with Gasteiger partial charge in [0, 0.05) is 6.20 Å². The highest BCUT2D eigenvalue weighted by Gasteiger charge is 2.29. The molecule has 1 heterocycles. The van der Waals surface area contributed by atoms with Crippen LogP contribution in [0.25, 0.3) is 0 Å². The molecule has 1 aromatic heterocycles. The maximum Gasteiger partial charge on any atom is 0.257 e. The zero-order valence-corrected chi connectivity index (χ0v) is 11.5. The summed E-state index contributed by atoms with van der Waals surface area (Å²) in [6.45, 7) is 3.69. The van der Waals surface area contributed by atoms with Crippen molar-refractivity contribution in [2.45, 2.75) is 25.8 Å². The van der Waals surface area contributed by atoms with Gasteiger partial charge in [0.15, 0.2) is 0 Å². The number of rotatable bonds is 5. The van der Waals surface area contributed by atoms with Gasteiger partial charge in [0.05, 0.1) is 17.6 Å². The first-order chi connectivity index (χ1) is 8.44. The summed E-state index contributed by atoms with van der Waals surface area (Å²) in [6, 6.07) is 3.30. The minimum absolute atomic E-state index is 0.251. The smallest absolute Gasteiger partial charge is 0.257 e. The number of amides is 1. The summed E-state index contributed by atoms with van der Waals surface area (Å²) in [7, 11) is 1.46. The van der Waals surface area contributed by atoms with Crippen molar-refractivity contribution in [2.24, 2.45) is 5.73 Å². The number of carbonyl (C=O) groups is 1. The second-order valence-corrected chi connectivity index (χ2v) is 4.50. The minimum atomic E-state index is -0.715. The van der Waals surface area contributed by atoms with E-state index in [2.05, 4.69) is 10.3 Å². The second-order valence-electron chi connectivity index (χ2n) is 4.06. The summed E-state index contributed by atoms with van der Waals surface area (Å²) >= 11 is 4.98. The quantitative estimate of drug-likeness (QED) is 0.786. The molecule has 0 fully saturated rings. The molecule has 0 bridgehead atoms. The molecule has 0 aliphatic carbocycles. The molecule has 98 valence electrons. The van der Waals surface area contributed by atoms with Gasteiger partial charge in [0.1, 0.15) is 5.56 Å². The highest BCUT2D eigenvalue weighted by Crippen LogP contribution is 2.16. The topological polar surface area (TPSA) is 77.2 Å². The van der Waals surface area contributed by atoms with Crippen LogP contribution in [0.15, 0.2) is 18.3 Å². The average Bonchev–Trinajstić information content (AvgIpc) is 2.38. The number of carbonyl (C=O) groups excluding carboxylic acids is 1. The zero-order valence-electron chi connectivity index (χ0n) is 10.7. The Morgan fingerprint density at radius 3 is 2.83 bits per heavy atom. The van der Waals surface area contributed by atoms with E-state index in [4.69, 9.17) is 22.7 Å². The number of pyridine rings is 1. The number of ether oxygens (including phenoxy) is 1. The molecule has 0 aliphatic heterocycles. The lowest BCUT2D eigenvalue weighted by Crippen LogP contribution is -2.54. The van der Waals surface area contributed by atoms with Crippen LogP contribution in [0, 0.1) is 0 Å². The van der Waals surface area contributed by atoms with Crippen LogP contribution < -0.4 is 15.8 Å². The van der Waals surface area contributed by atoms with Crippen LogP contribution in [-0.4, -0.2) is 28.5 Å². The molecule has 3 N–H and O–H groups in total. The fourth-order valence-electron chi connectivity index (χ4n) is 1.37. The first-order valence-electron chi connectivity index (χ1n) is 5.56. The van der Waals surface area contributed by atoms with Gasteiger partial charge in [-0.1, -0.05) is 19.1 Å². The lowest BCUT2D eigenvalue weighted by atomic mass is 9.98. The number of aromatic nitrogens is 1. The third-order valence-corrected chi connectivity index (χ3v) is 3.30. The van der Waals surface area contributed by atoms with E-state index in [1.807, 2.05) is 6.92 Å². The van der Waals surface area contributed by atoms with Crippen molar-refractivity contribution >= 4 is 23.1 Å². The van der Waals surface area contributed by atoms with Crippen LogP contribution in [0.4, 0.5) is 0 Å². The maximum atomic E-state index is 12.2. The Morgan fingerprint density at radius 1 is 1.67 bits per heavy atom. The van der Waals surface area contributed by atoms with E-state index < -0.39 is 5.54 Å². The average molecular weight is 267 g/mol. The normalized spacial score (nSPS) is 13.5. The summed E-state index contributed by atoms with van der Waals surface area (Å²) in [5, 5.41) is 2.81. The van der Waals surface area contributed by atoms with Crippen molar-refractivity contribution in [3.05, 3.63) is 23.9 Å². The molecule has 18 heavy (non-hydrogen) atoms. The van der Waals surface area contributed by atoms with E-state index in [9.17, 15) is 4.79 Å². The van der Waals surface area contributed by atoms with Crippen molar-refractivity contribution < 1.29 is 9.53 Å². The molecule has 1 unspecified atom stereocenters. The molecule has 0 saturated carbocycles. The molecule has 6 heteroatoms. The van der Waals surface area contributed by atoms with Gasteiger partial charge < -0.3 is 15.8 Å². The van der Waals surface area contributed by atoms with Gasteiger partial charge in [-0.2, -0.15) is 0 Å². The van der Waals surface area contributed by atoms with Gasteiger partial charge in [-0.15, -0.1) is 0 Å². The summed E-state index contributed by atoms with van der Waals surface area (Å²) in [5.74, 6) is -0.0338. The van der Waals surface area contributed by atoms with Crippen LogP contribution in [0.5, 0.6) is 5.88 Å². The van der Waals surface area contributed by atoms with Gasteiger partial charge >= 0.3 is 0 Å². The van der Waals surface area contributed by atoms with Gasteiger partial charge in [-0.05, 0) is 25.5 Å². The van der Waals surface area contributed by atoms with Crippen molar-refractivity contribution in [3.63, 3.8) is 0 Å². The number of methoxy groups -OCH3 is 1. The number of hydrogen-bond donors (Lipinski definition) is 2. The molecule has 0 radical (unpaired) electrons. The van der Waals surface area contributed by atoms with Crippen LogP contribution >= 0.6 is 12.2 Å². The zero-order chi connectivity index (χ0) is 13.8. The lowest BCUT2D eigenvalue weighted by Gasteiger charge is -2.28. The van der Waals surface area contributed by atoms with Gasteiger partial charge in [0.25, 0.3) is 5.91 Å². The molecule has 5 nitrogen and oxygen atoms in total.